The van der Waals surface area contributed by atoms with Gasteiger partial charge in [0.1, 0.15) is 0 Å². The van der Waals surface area contributed by atoms with Crippen molar-refractivity contribution in [2.24, 2.45) is 0 Å². The van der Waals surface area contributed by atoms with Crippen LogP contribution >= 0.6 is 0 Å². The largest absolute Gasteiger partial charge is 0.432 e. The summed E-state index contributed by atoms with van der Waals surface area (Å²) < 4.78 is 27.6. The average Bonchev–Trinajstić information content (AvgIpc) is 2.27. The quantitative estimate of drug-likeness (QED) is 0.720. The molecule has 1 aliphatic rings. The van der Waals surface area contributed by atoms with Crippen LogP contribution in [0.4, 0.5) is 0 Å². The number of ether oxygens (including phenoxy) is 1. The summed E-state index contributed by atoms with van der Waals surface area (Å²) in [6, 6.07) is 0.670. The fourth-order valence-corrected chi connectivity index (χ4v) is 3.60. The molecular weight excluding hydrogens is 220 g/mol. The Morgan fingerprint density at radius 1 is 1.50 bits per heavy atom. The first-order valence-corrected chi connectivity index (χ1v) is 9.80. The van der Waals surface area contributed by atoms with E-state index in [0.29, 0.717) is 19.1 Å². The van der Waals surface area contributed by atoms with E-state index in [9.17, 15) is 13.2 Å². The van der Waals surface area contributed by atoms with Crippen LogP contribution in [0.1, 0.15) is 6.42 Å². The van der Waals surface area contributed by atoms with E-state index in [2.05, 4.69) is 0 Å². The Morgan fingerprint density at radius 3 is 2.57 bits per heavy atom. The Kier molecular flexibility index (Phi) is 3.73. The van der Waals surface area contributed by atoms with Crippen molar-refractivity contribution in [2.45, 2.75) is 31.7 Å². The first kappa shape index (κ1) is 12.2. The highest BCUT2D eigenvalue weighted by atomic mass is 32.2. The van der Waals surface area contributed by atoms with Crippen molar-refractivity contribution >= 4 is 18.2 Å². The van der Waals surface area contributed by atoms with Crippen LogP contribution in [0.2, 0.25) is 19.1 Å². The molecule has 0 aliphatic carbocycles. The lowest BCUT2D eigenvalue weighted by atomic mass is 10.3. The van der Waals surface area contributed by atoms with Crippen molar-refractivity contribution < 1.29 is 18.0 Å². The monoisotopic (exact) mass is 238 g/mol. The summed E-state index contributed by atoms with van der Waals surface area (Å²) in [6.07, 6.45) is 0.465. The molecule has 1 N–H and O–H groups in total. The van der Waals surface area contributed by atoms with Crippen molar-refractivity contribution in [3.8, 4) is 0 Å². The Bertz CT molecular complexity index is 280. The molecule has 0 radical (unpaired) electrons. The zero-order chi connectivity index (χ0) is 10.8. The lowest BCUT2D eigenvalue weighted by Crippen LogP contribution is -2.28. The van der Waals surface area contributed by atoms with Crippen LogP contribution in [-0.4, -0.2) is 45.7 Å². The van der Waals surface area contributed by atoms with E-state index < -0.39 is 18.2 Å². The third kappa shape index (κ3) is 4.54. The van der Waals surface area contributed by atoms with Gasteiger partial charge in [0.25, 0.3) is 0 Å². The molecule has 1 rings (SSSR count). The van der Waals surface area contributed by atoms with Gasteiger partial charge in [-0.15, -0.1) is 0 Å². The summed E-state index contributed by atoms with van der Waals surface area (Å²) in [5.41, 5.74) is 0. The van der Waals surface area contributed by atoms with E-state index in [-0.39, 0.29) is 17.6 Å². The van der Waals surface area contributed by atoms with E-state index >= 15 is 0 Å². The first-order valence-electron chi connectivity index (χ1n) is 4.83. The molecule has 0 aromatic rings. The van der Waals surface area contributed by atoms with Crippen molar-refractivity contribution in [3.05, 3.63) is 0 Å². The number of rotatable bonds is 4. The zero-order valence-electron chi connectivity index (χ0n) is 8.69. The normalized spacial score (nSPS) is 26.6. The van der Waals surface area contributed by atoms with Gasteiger partial charge in [-0.1, -0.05) is 0 Å². The van der Waals surface area contributed by atoms with Crippen LogP contribution in [0.5, 0.6) is 0 Å². The minimum Gasteiger partial charge on any atom is -0.432 e. The van der Waals surface area contributed by atoms with Crippen molar-refractivity contribution in [3.63, 3.8) is 0 Å². The fourth-order valence-electron chi connectivity index (χ4n) is 1.37. The van der Waals surface area contributed by atoms with Crippen molar-refractivity contribution in [1.82, 2.24) is 0 Å². The molecule has 1 unspecified atom stereocenters. The number of hydrogen-bond donors (Lipinski definition) is 1. The van der Waals surface area contributed by atoms with Gasteiger partial charge in [0, 0.05) is 6.61 Å². The van der Waals surface area contributed by atoms with E-state index in [1.165, 1.54) is 0 Å². The van der Waals surface area contributed by atoms with E-state index in [0.717, 1.165) is 0 Å². The smallest absolute Gasteiger partial charge is 0.184 e. The third-order valence-electron chi connectivity index (χ3n) is 2.26. The van der Waals surface area contributed by atoms with Crippen LogP contribution in [0.3, 0.4) is 0 Å². The molecule has 0 aromatic carbocycles. The lowest BCUT2D eigenvalue weighted by molar-refractivity contribution is 0.0798. The van der Waals surface area contributed by atoms with Crippen LogP contribution < -0.4 is 0 Å². The number of sulfone groups is 1. The van der Waals surface area contributed by atoms with Gasteiger partial charge < -0.3 is 9.53 Å². The summed E-state index contributed by atoms with van der Waals surface area (Å²) in [5.74, 6) is 0.401. The van der Waals surface area contributed by atoms with E-state index in [1.54, 1.807) is 0 Å². The molecule has 84 valence electrons. The van der Waals surface area contributed by atoms with Gasteiger partial charge in [0.05, 0.1) is 17.6 Å². The minimum absolute atomic E-state index is 0.142. The minimum atomic E-state index is -2.84. The van der Waals surface area contributed by atoms with E-state index in [4.69, 9.17) is 4.74 Å². The number of hydrogen-bond acceptors (Lipinski definition) is 4. The maximum Gasteiger partial charge on any atom is 0.184 e. The summed E-state index contributed by atoms with van der Waals surface area (Å²) >= 11 is 0. The van der Waals surface area contributed by atoms with Crippen molar-refractivity contribution in [2.75, 3.05) is 18.1 Å². The van der Waals surface area contributed by atoms with Gasteiger partial charge in [-0.3, -0.25) is 0 Å². The Balaban J connectivity index is 2.22. The molecule has 0 bridgehead atoms. The Hall–Kier alpha value is 0.0869. The molecule has 1 heterocycles. The summed E-state index contributed by atoms with van der Waals surface area (Å²) in [4.78, 5) is 9.53. The van der Waals surface area contributed by atoms with Gasteiger partial charge >= 0.3 is 0 Å². The van der Waals surface area contributed by atoms with Gasteiger partial charge in [0.15, 0.2) is 18.2 Å². The summed E-state index contributed by atoms with van der Waals surface area (Å²) in [6.45, 7) is 4.18. The molecule has 1 fully saturated rings. The maximum absolute atomic E-state index is 11.1. The molecular formula is C8H18O4SSi. The summed E-state index contributed by atoms with van der Waals surface area (Å²) in [7, 11) is -4.88. The SMILES string of the molecule is C[Si](C)(O)CCOC1CCS(=O)(=O)C1. The van der Waals surface area contributed by atoms with Gasteiger partial charge in [-0.25, -0.2) is 8.42 Å². The predicted molar refractivity (Wildman–Crippen MR) is 57.5 cm³/mol. The molecule has 0 aromatic heterocycles. The predicted octanol–water partition coefficient (Wildman–Crippen LogP) is 0.387. The molecule has 0 saturated carbocycles. The molecule has 1 aliphatic heterocycles. The zero-order valence-corrected chi connectivity index (χ0v) is 10.5. The highest BCUT2D eigenvalue weighted by Crippen LogP contribution is 2.16. The average molecular weight is 238 g/mol. The summed E-state index contributed by atoms with van der Waals surface area (Å²) in [5, 5.41) is 0. The van der Waals surface area contributed by atoms with Crippen LogP contribution in [-0.2, 0) is 14.6 Å². The third-order valence-corrected chi connectivity index (χ3v) is 5.42. The van der Waals surface area contributed by atoms with Gasteiger partial charge in [-0.05, 0) is 25.6 Å². The molecule has 1 atom stereocenters. The fraction of sp³-hybridized carbons (Fsp3) is 1.00. The second-order valence-corrected chi connectivity index (χ2v) is 10.8. The van der Waals surface area contributed by atoms with Crippen LogP contribution in [0.25, 0.3) is 0 Å². The van der Waals surface area contributed by atoms with Gasteiger partial charge in [0.2, 0.25) is 0 Å². The highest BCUT2D eigenvalue weighted by molar-refractivity contribution is 7.91. The van der Waals surface area contributed by atoms with Crippen LogP contribution in [0.15, 0.2) is 0 Å². The second-order valence-electron chi connectivity index (χ2n) is 4.46. The lowest BCUT2D eigenvalue weighted by Gasteiger charge is -2.15. The van der Waals surface area contributed by atoms with Gasteiger partial charge in [-0.2, -0.15) is 0 Å². The Labute approximate surface area is 86.3 Å². The van der Waals surface area contributed by atoms with E-state index in [1.807, 2.05) is 13.1 Å². The topological polar surface area (TPSA) is 63.6 Å². The molecule has 6 heteroatoms. The second kappa shape index (κ2) is 4.30. The van der Waals surface area contributed by atoms with Crippen LogP contribution in [0, 0.1) is 0 Å². The first-order chi connectivity index (χ1) is 6.29. The molecule has 14 heavy (non-hydrogen) atoms. The highest BCUT2D eigenvalue weighted by Gasteiger charge is 2.28. The van der Waals surface area contributed by atoms with Crippen molar-refractivity contribution in [1.29, 1.82) is 0 Å². The molecule has 0 spiro atoms. The molecule has 1 saturated heterocycles. The molecule has 4 nitrogen and oxygen atoms in total. The molecule has 0 amide bonds. The standard InChI is InChI=1S/C8H18O4SSi/c1-14(2,11)6-4-12-8-3-5-13(9,10)7-8/h8,11H,3-7H2,1-2H3. The maximum atomic E-state index is 11.1. The Morgan fingerprint density at radius 2 is 2.14 bits per heavy atom.